The maximum Gasteiger partial charge on any atom is 0.472 e. The number of carboxylic acids is 1. The Morgan fingerprint density at radius 3 is 1.29 bits per heavy atom. The van der Waals surface area contributed by atoms with Crippen molar-refractivity contribution in [1.29, 1.82) is 0 Å². The lowest BCUT2D eigenvalue weighted by molar-refractivity contribution is -0.161. The van der Waals surface area contributed by atoms with Crippen LogP contribution in [-0.2, 0) is 37.5 Å². The topological polar surface area (TPSA) is 172 Å². The van der Waals surface area contributed by atoms with Crippen LogP contribution >= 0.6 is 7.82 Å². The minimum atomic E-state index is -4.70. The summed E-state index contributed by atoms with van der Waals surface area (Å²) < 4.78 is 32.5. The molecule has 0 aromatic carbocycles. The van der Waals surface area contributed by atoms with Gasteiger partial charge in [0.2, 0.25) is 0 Å². The van der Waals surface area contributed by atoms with Crippen LogP contribution in [0.3, 0.4) is 0 Å². The van der Waals surface area contributed by atoms with Gasteiger partial charge >= 0.3 is 25.7 Å². The highest BCUT2D eigenvalue weighted by molar-refractivity contribution is 7.47. The molecular formula is C37H72NO10P. The Balaban J connectivity index is 4.35. The summed E-state index contributed by atoms with van der Waals surface area (Å²) in [5, 5.41) is 8.85. The van der Waals surface area contributed by atoms with E-state index in [-0.39, 0.29) is 19.4 Å². The van der Waals surface area contributed by atoms with E-state index < -0.39 is 51.1 Å². The number of esters is 2. The van der Waals surface area contributed by atoms with Gasteiger partial charge in [-0.3, -0.25) is 23.4 Å². The van der Waals surface area contributed by atoms with Gasteiger partial charge in [0.25, 0.3) is 0 Å². The summed E-state index contributed by atoms with van der Waals surface area (Å²) in [7, 11) is -4.70. The molecule has 0 amide bonds. The molecule has 290 valence electrons. The van der Waals surface area contributed by atoms with Crippen LogP contribution in [0.2, 0.25) is 0 Å². The van der Waals surface area contributed by atoms with E-state index in [0.717, 1.165) is 38.5 Å². The predicted molar refractivity (Wildman–Crippen MR) is 194 cm³/mol. The summed E-state index contributed by atoms with van der Waals surface area (Å²) in [5.41, 5.74) is 5.31. The first-order chi connectivity index (χ1) is 23.6. The molecule has 0 aliphatic heterocycles. The molecule has 0 rings (SSSR count). The van der Waals surface area contributed by atoms with Gasteiger partial charge < -0.3 is 25.2 Å². The first-order valence-electron chi connectivity index (χ1n) is 19.6. The highest BCUT2D eigenvalue weighted by Crippen LogP contribution is 2.43. The predicted octanol–water partition coefficient (Wildman–Crippen LogP) is 9.56. The zero-order valence-electron chi connectivity index (χ0n) is 31.1. The van der Waals surface area contributed by atoms with Crippen molar-refractivity contribution >= 4 is 25.7 Å². The smallest absolute Gasteiger partial charge is 0.472 e. The van der Waals surface area contributed by atoms with E-state index in [9.17, 15) is 23.8 Å². The van der Waals surface area contributed by atoms with Gasteiger partial charge in [-0.1, -0.05) is 162 Å². The summed E-state index contributed by atoms with van der Waals surface area (Å²) in [4.78, 5) is 45.7. The number of nitrogens with two attached hydrogens (primary N) is 1. The Morgan fingerprint density at radius 2 is 0.898 bits per heavy atom. The molecule has 0 saturated carbocycles. The number of rotatable bonds is 37. The van der Waals surface area contributed by atoms with Gasteiger partial charge in [0.1, 0.15) is 12.6 Å². The molecule has 0 aliphatic carbocycles. The average Bonchev–Trinajstić information content (AvgIpc) is 3.07. The fourth-order valence-corrected chi connectivity index (χ4v) is 6.26. The van der Waals surface area contributed by atoms with Gasteiger partial charge in [-0.15, -0.1) is 0 Å². The van der Waals surface area contributed by atoms with E-state index in [4.69, 9.17) is 24.8 Å². The van der Waals surface area contributed by atoms with E-state index >= 15 is 0 Å². The van der Waals surface area contributed by atoms with Gasteiger partial charge in [-0.05, 0) is 12.8 Å². The van der Waals surface area contributed by atoms with Crippen molar-refractivity contribution in [3.8, 4) is 0 Å². The molecule has 0 radical (unpaired) electrons. The van der Waals surface area contributed by atoms with Crippen LogP contribution in [0, 0.1) is 0 Å². The van der Waals surface area contributed by atoms with Crippen molar-refractivity contribution in [1.82, 2.24) is 0 Å². The van der Waals surface area contributed by atoms with E-state index in [1.165, 1.54) is 109 Å². The van der Waals surface area contributed by atoms with Gasteiger partial charge in [-0.25, -0.2) is 4.57 Å². The Bertz CT molecular complexity index is 859. The number of phosphoric ester groups is 1. The molecule has 0 aromatic rings. The molecule has 0 heterocycles. The van der Waals surface area contributed by atoms with Crippen LogP contribution < -0.4 is 5.73 Å². The molecule has 11 nitrogen and oxygen atoms in total. The van der Waals surface area contributed by atoms with Crippen molar-refractivity contribution in [2.24, 2.45) is 5.73 Å². The largest absolute Gasteiger partial charge is 0.480 e. The number of hydrogen-bond donors (Lipinski definition) is 3. The Hall–Kier alpha value is -1.52. The quantitative estimate of drug-likeness (QED) is 0.0317. The molecule has 0 fully saturated rings. The van der Waals surface area contributed by atoms with Gasteiger partial charge in [0.15, 0.2) is 6.10 Å². The zero-order valence-corrected chi connectivity index (χ0v) is 31.9. The van der Waals surface area contributed by atoms with Gasteiger partial charge in [0, 0.05) is 12.8 Å². The van der Waals surface area contributed by atoms with Gasteiger partial charge in [0.05, 0.1) is 13.2 Å². The van der Waals surface area contributed by atoms with Crippen LogP contribution in [0.15, 0.2) is 0 Å². The fraction of sp³-hybridized carbons (Fsp3) is 0.919. The van der Waals surface area contributed by atoms with E-state index in [1.807, 2.05) is 0 Å². The second-order valence-electron chi connectivity index (χ2n) is 13.4. The fourth-order valence-electron chi connectivity index (χ4n) is 5.48. The lowest BCUT2D eigenvalue weighted by Gasteiger charge is -2.20. The van der Waals surface area contributed by atoms with Crippen LogP contribution in [-0.4, -0.2) is 59.9 Å². The normalized spacial score (nSPS) is 13.9. The maximum absolute atomic E-state index is 12.6. The van der Waals surface area contributed by atoms with Crippen molar-refractivity contribution < 1.29 is 47.5 Å². The maximum atomic E-state index is 12.6. The van der Waals surface area contributed by atoms with Crippen molar-refractivity contribution in [3.05, 3.63) is 0 Å². The Morgan fingerprint density at radius 1 is 0.551 bits per heavy atom. The highest BCUT2D eigenvalue weighted by Gasteiger charge is 2.28. The first-order valence-corrected chi connectivity index (χ1v) is 21.1. The second kappa shape index (κ2) is 33.6. The third-order valence-corrected chi connectivity index (χ3v) is 9.56. The minimum absolute atomic E-state index is 0.169. The van der Waals surface area contributed by atoms with Crippen LogP contribution in [0.25, 0.3) is 0 Å². The number of carbonyl (C=O) groups excluding carboxylic acids is 2. The third-order valence-electron chi connectivity index (χ3n) is 8.61. The highest BCUT2D eigenvalue weighted by atomic mass is 31.2. The molecule has 4 N–H and O–H groups in total. The number of ether oxygens (including phenoxy) is 2. The number of unbranched alkanes of at least 4 members (excludes halogenated alkanes) is 23. The number of aliphatic carboxylic acids is 1. The van der Waals surface area contributed by atoms with Crippen molar-refractivity contribution in [2.75, 3.05) is 19.8 Å². The zero-order chi connectivity index (χ0) is 36.4. The molecule has 0 saturated heterocycles. The molecule has 0 aromatic heterocycles. The van der Waals surface area contributed by atoms with Gasteiger partial charge in [-0.2, -0.15) is 0 Å². The molecule has 12 heteroatoms. The van der Waals surface area contributed by atoms with E-state index in [1.54, 1.807) is 0 Å². The summed E-state index contributed by atoms with van der Waals surface area (Å²) in [6, 6.07) is -1.51. The molecular weight excluding hydrogens is 649 g/mol. The standard InChI is InChI=1S/C37H72NO10P/c1-3-5-7-9-11-13-14-15-16-17-18-19-21-23-25-27-29-36(40)48-33(31-46-49(43,44)47-32-34(38)37(41)42)30-45-35(39)28-26-24-22-20-12-10-8-6-4-2/h33-34H,3-32,38H2,1-2H3,(H,41,42)(H,43,44). The number of carbonyl (C=O) groups is 3. The number of phosphoric acid groups is 1. The lowest BCUT2D eigenvalue weighted by Crippen LogP contribution is -2.34. The Labute approximate surface area is 297 Å². The summed E-state index contributed by atoms with van der Waals surface area (Å²) in [6.07, 6.45) is 28.9. The number of carboxylic acid groups (broad SMARTS) is 1. The monoisotopic (exact) mass is 721 g/mol. The van der Waals surface area contributed by atoms with E-state index in [2.05, 4.69) is 18.4 Å². The summed E-state index contributed by atoms with van der Waals surface area (Å²) in [5.74, 6) is -2.37. The molecule has 3 unspecified atom stereocenters. The number of hydrogen-bond acceptors (Lipinski definition) is 9. The van der Waals surface area contributed by atoms with E-state index in [0.29, 0.717) is 12.8 Å². The summed E-state index contributed by atoms with van der Waals surface area (Å²) in [6.45, 7) is 2.78. The third kappa shape index (κ3) is 33.4. The molecule has 0 spiro atoms. The minimum Gasteiger partial charge on any atom is -0.480 e. The Kier molecular flexibility index (Phi) is 32.6. The second-order valence-corrected chi connectivity index (χ2v) is 14.9. The average molecular weight is 722 g/mol. The molecule has 49 heavy (non-hydrogen) atoms. The lowest BCUT2D eigenvalue weighted by atomic mass is 10.0. The van der Waals surface area contributed by atoms with Crippen molar-refractivity contribution in [2.45, 2.75) is 199 Å². The molecule has 0 bridgehead atoms. The van der Waals surface area contributed by atoms with Crippen molar-refractivity contribution in [3.63, 3.8) is 0 Å². The SMILES string of the molecule is CCCCCCCCCCCCCCCCCCC(=O)OC(COC(=O)CCCCCCCCCCC)COP(=O)(O)OCC(N)C(=O)O. The summed E-state index contributed by atoms with van der Waals surface area (Å²) >= 11 is 0. The first kappa shape index (κ1) is 47.5. The van der Waals surface area contributed by atoms with Crippen LogP contribution in [0.5, 0.6) is 0 Å². The molecule has 3 atom stereocenters. The van der Waals surface area contributed by atoms with Crippen LogP contribution in [0.1, 0.15) is 187 Å². The van der Waals surface area contributed by atoms with Crippen LogP contribution in [0.4, 0.5) is 0 Å². The molecule has 0 aliphatic rings.